The molecular weight excluding hydrogens is 248 g/mol. The normalized spacial score (nSPS) is 24.7. The summed E-state index contributed by atoms with van der Waals surface area (Å²) in [6, 6.07) is 2.48. The maximum atomic E-state index is 14.0. The van der Waals surface area contributed by atoms with Gasteiger partial charge in [0.2, 0.25) is 0 Å². The van der Waals surface area contributed by atoms with E-state index < -0.39 is 11.6 Å². The molecule has 1 N–H and O–H groups in total. The largest absolute Gasteiger partial charge is 0.378 e. The van der Waals surface area contributed by atoms with Crippen molar-refractivity contribution in [3.63, 3.8) is 0 Å². The van der Waals surface area contributed by atoms with Crippen LogP contribution in [0.15, 0.2) is 12.1 Å². The summed E-state index contributed by atoms with van der Waals surface area (Å²) in [7, 11) is 0. The molecule has 2 rings (SSSR count). The van der Waals surface area contributed by atoms with Gasteiger partial charge in [-0.3, -0.25) is 0 Å². The van der Waals surface area contributed by atoms with Crippen LogP contribution in [0.1, 0.15) is 37.4 Å². The predicted octanol–water partition coefficient (Wildman–Crippen LogP) is 3.35. The quantitative estimate of drug-likeness (QED) is 0.905. The first-order valence-corrected chi connectivity index (χ1v) is 6.83. The van der Waals surface area contributed by atoms with Crippen molar-refractivity contribution in [2.75, 3.05) is 13.2 Å². The van der Waals surface area contributed by atoms with Crippen molar-refractivity contribution in [2.45, 2.75) is 39.3 Å². The zero-order valence-corrected chi connectivity index (χ0v) is 11.7. The minimum atomic E-state index is -0.493. The first-order chi connectivity index (χ1) is 9.02. The van der Waals surface area contributed by atoms with Gasteiger partial charge in [-0.2, -0.15) is 0 Å². The van der Waals surface area contributed by atoms with Crippen LogP contribution < -0.4 is 5.32 Å². The lowest BCUT2D eigenvalue weighted by atomic mass is 9.89. The Morgan fingerprint density at radius 2 is 2.11 bits per heavy atom. The van der Waals surface area contributed by atoms with Gasteiger partial charge in [-0.05, 0) is 38.4 Å². The van der Waals surface area contributed by atoms with Crippen LogP contribution in [0.3, 0.4) is 0 Å². The highest BCUT2D eigenvalue weighted by Crippen LogP contribution is 2.33. The maximum absolute atomic E-state index is 14.0. The fourth-order valence-corrected chi connectivity index (χ4v) is 2.75. The maximum Gasteiger partial charge on any atom is 0.130 e. The van der Waals surface area contributed by atoms with Crippen molar-refractivity contribution in [3.05, 3.63) is 34.9 Å². The molecule has 1 aromatic rings. The summed E-state index contributed by atoms with van der Waals surface area (Å²) in [5, 5.41) is 3.31. The van der Waals surface area contributed by atoms with Crippen molar-refractivity contribution >= 4 is 0 Å². The fourth-order valence-electron chi connectivity index (χ4n) is 2.75. The second-order valence-electron chi connectivity index (χ2n) is 5.30. The summed E-state index contributed by atoms with van der Waals surface area (Å²) in [6.45, 7) is 7.03. The molecule has 19 heavy (non-hydrogen) atoms. The van der Waals surface area contributed by atoms with E-state index in [4.69, 9.17) is 4.74 Å². The summed E-state index contributed by atoms with van der Waals surface area (Å²) in [5.74, 6) is -0.740. The minimum Gasteiger partial charge on any atom is -0.378 e. The third-order valence-electron chi connectivity index (χ3n) is 3.74. The van der Waals surface area contributed by atoms with Gasteiger partial charge in [0.15, 0.2) is 0 Å². The average molecular weight is 269 g/mol. The Bertz CT molecular complexity index is 450. The number of hydrogen-bond donors (Lipinski definition) is 1. The highest BCUT2D eigenvalue weighted by Gasteiger charge is 2.31. The number of nitrogens with one attached hydrogen (secondary N) is 1. The first kappa shape index (κ1) is 14.4. The predicted molar refractivity (Wildman–Crippen MR) is 71.0 cm³/mol. The van der Waals surface area contributed by atoms with E-state index >= 15 is 0 Å². The zero-order chi connectivity index (χ0) is 14.0. The Labute approximate surface area is 113 Å². The van der Waals surface area contributed by atoms with Crippen molar-refractivity contribution < 1.29 is 13.5 Å². The van der Waals surface area contributed by atoms with E-state index in [1.54, 1.807) is 13.0 Å². The molecule has 1 aliphatic heterocycles. The molecule has 0 aliphatic carbocycles. The van der Waals surface area contributed by atoms with Gasteiger partial charge in [-0.1, -0.05) is 6.92 Å². The van der Waals surface area contributed by atoms with Gasteiger partial charge in [0.05, 0.1) is 12.7 Å². The molecule has 3 atom stereocenters. The van der Waals surface area contributed by atoms with Crippen molar-refractivity contribution in [1.29, 1.82) is 0 Å². The third-order valence-corrected chi connectivity index (χ3v) is 3.74. The van der Waals surface area contributed by atoms with Crippen LogP contribution in [-0.4, -0.2) is 19.3 Å². The Morgan fingerprint density at radius 1 is 1.37 bits per heavy atom. The molecule has 1 saturated heterocycles. The lowest BCUT2D eigenvalue weighted by Crippen LogP contribution is -2.29. The molecule has 1 fully saturated rings. The molecule has 1 aliphatic rings. The fraction of sp³-hybridized carbons (Fsp3) is 0.600. The molecule has 3 unspecified atom stereocenters. The molecule has 0 saturated carbocycles. The zero-order valence-electron chi connectivity index (χ0n) is 11.7. The lowest BCUT2D eigenvalue weighted by molar-refractivity contribution is 0.116. The number of halogens is 2. The second kappa shape index (κ2) is 5.97. The van der Waals surface area contributed by atoms with Gasteiger partial charge < -0.3 is 10.1 Å². The van der Waals surface area contributed by atoms with Crippen molar-refractivity contribution in [2.24, 2.45) is 5.92 Å². The van der Waals surface area contributed by atoms with E-state index in [0.717, 1.165) is 19.0 Å². The van der Waals surface area contributed by atoms with E-state index in [-0.39, 0.29) is 18.1 Å². The van der Waals surface area contributed by atoms with Crippen LogP contribution in [0.5, 0.6) is 0 Å². The highest BCUT2D eigenvalue weighted by molar-refractivity contribution is 5.29. The lowest BCUT2D eigenvalue weighted by Gasteiger charge is -2.24. The Balaban J connectivity index is 2.30. The molecule has 1 aromatic carbocycles. The van der Waals surface area contributed by atoms with Crippen LogP contribution in [0, 0.1) is 24.5 Å². The average Bonchev–Trinajstić information content (AvgIpc) is 2.78. The molecule has 1 heterocycles. The van der Waals surface area contributed by atoms with E-state index in [0.29, 0.717) is 17.7 Å². The standard InChI is InChI=1S/C15H21F2NO/c1-4-18-15(11-6-10(3)19-8-11)12-5-9(2)13(16)7-14(12)17/h5,7,10-11,15,18H,4,6,8H2,1-3H3. The van der Waals surface area contributed by atoms with Gasteiger partial charge in [0.25, 0.3) is 0 Å². The van der Waals surface area contributed by atoms with E-state index in [1.165, 1.54) is 0 Å². The van der Waals surface area contributed by atoms with E-state index in [1.807, 2.05) is 13.8 Å². The van der Waals surface area contributed by atoms with Gasteiger partial charge >= 0.3 is 0 Å². The van der Waals surface area contributed by atoms with Gasteiger partial charge in [0.1, 0.15) is 11.6 Å². The summed E-state index contributed by atoms with van der Waals surface area (Å²) in [6.07, 6.45) is 1.10. The monoisotopic (exact) mass is 269 g/mol. The Kier molecular flexibility index (Phi) is 4.53. The number of ether oxygens (including phenoxy) is 1. The number of aryl methyl sites for hydroxylation is 1. The van der Waals surface area contributed by atoms with Crippen LogP contribution in [0.25, 0.3) is 0 Å². The summed E-state index contributed by atoms with van der Waals surface area (Å²) >= 11 is 0. The number of hydrogen-bond acceptors (Lipinski definition) is 2. The van der Waals surface area contributed by atoms with Gasteiger partial charge in [0, 0.05) is 23.6 Å². The minimum absolute atomic E-state index is 0.116. The molecule has 2 nitrogen and oxygen atoms in total. The van der Waals surface area contributed by atoms with Crippen LogP contribution >= 0.6 is 0 Å². The third kappa shape index (κ3) is 3.12. The van der Waals surface area contributed by atoms with Crippen LogP contribution in [-0.2, 0) is 4.74 Å². The van der Waals surface area contributed by atoms with Gasteiger partial charge in [-0.25, -0.2) is 8.78 Å². The Hall–Kier alpha value is -1.00. The van der Waals surface area contributed by atoms with Crippen LogP contribution in [0.4, 0.5) is 8.78 Å². The molecule has 0 aromatic heterocycles. The second-order valence-corrected chi connectivity index (χ2v) is 5.30. The summed E-state index contributed by atoms with van der Waals surface area (Å²) in [5.41, 5.74) is 1.02. The molecular formula is C15H21F2NO. The molecule has 4 heteroatoms. The van der Waals surface area contributed by atoms with Crippen molar-refractivity contribution in [3.8, 4) is 0 Å². The molecule has 0 radical (unpaired) electrons. The molecule has 0 amide bonds. The van der Waals surface area contributed by atoms with E-state index in [2.05, 4.69) is 5.32 Å². The van der Waals surface area contributed by atoms with E-state index in [9.17, 15) is 8.78 Å². The van der Waals surface area contributed by atoms with Gasteiger partial charge in [-0.15, -0.1) is 0 Å². The van der Waals surface area contributed by atoms with Crippen molar-refractivity contribution in [1.82, 2.24) is 5.32 Å². The number of benzene rings is 1. The Morgan fingerprint density at radius 3 is 2.68 bits per heavy atom. The molecule has 106 valence electrons. The molecule has 0 spiro atoms. The SMILES string of the molecule is CCNC(c1cc(C)c(F)cc1F)C1COC(C)C1. The first-order valence-electron chi connectivity index (χ1n) is 6.83. The molecule has 0 bridgehead atoms. The topological polar surface area (TPSA) is 21.3 Å². The smallest absolute Gasteiger partial charge is 0.130 e. The van der Waals surface area contributed by atoms with Crippen LogP contribution in [0.2, 0.25) is 0 Å². The number of rotatable bonds is 4. The summed E-state index contributed by atoms with van der Waals surface area (Å²) in [4.78, 5) is 0. The summed E-state index contributed by atoms with van der Waals surface area (Å²) < 4.78 is 33.0. The highest BCUT2D eigenvalue weighted by atomic mass is 19.1.